The van der Waals surface area contributed by atoms with E-state index in [-0.39, 0.29) is 23.5 Å². The zero-order valence-electron chi connectivity index (χ0n) is 19.5. The highest BCUT2D eigenvalue weighted by molar-refractivity contribution is 6.00. The van der Waals surface area contributed by atoms with Crippen LogP contribution in [-0.4, -0.2) is 39.1 Å². The summed E-state index contributed by atoms with van der Waals surface area (Å²) in [5.41, 5.74) is 2.82. The van der Waals surface area contributed by atoms with E-state index in [1.54, 1.807) is 25.3 Å². The number of H-pyrrole nitrogens is 1. The Bertz CT molecular complexity index is 1440. The van der Waals surface area contributed by atoms with Crippen molar-refractivity contribution >= 4 is 27.8 Å². The summed E-state index contributed by atoms with van der Waals surface area (Å²) in [6.07, 6.45) is 4.83. The first kappa shape index (κ1) is 22.2. The summed E-state index contributed by atoms with van der Waals surface area (Å²) in [6, 6.07) is 8.19. The number of halogens is 2. The molecule has 0 radical (unpaired) electrons. The topological polar surface area (TPSA) is 80.1 Å². The van der Waals surface area contributed by atoms with Gasteiger partial charge in [-0.05, 0) is 80.8 Å². The fourth-order valence-electron chi connectivity index (χ4n) is 6.18. The minimum Gasteiger partial charge on any atom is -0.481 e. The Morgan fingerprint density at radius 2 is 1.91 bits per heavy atom. The number of nitrogens with one attached hydrogen (secondary N) is 1. The molecule has 0 bridgehead atoms. The lowest BCUT2D eigenvalue weighted by Gasteiger charge is -2.27. The van der Waals surface area contributed by atoms with Crippen molar-refractivity contribution in [3.05, 3.63) is 59.4 Å². The van der Waals surface area contributed by atoms with E-state index >= 15 is 4.39 Å². The molecule has 1 saturated heterocycles. The quantitative estimate of drug-likeness (QED) is 0.374. The van der Waals surface area contributed by atoms with Crippen LogP contribution in [0.25, 0.3) is 27.5 Å². The summed E-state index contributed by atoms with van der Waals surface area (Å²) in [5.74, 6) is -1.51. The summed E-state index contributed by atoms with van der Waals surface area (Å²) in [6.45, 7) is 3.01. The standard InChI is InChI=1S/C27H27F2N3O3/c1-27(26(33)34)9-6-16(13-27)21-22-20(12-17-14-30-31-24(17)23(22)29)32(19-4-2-18(28)3-5-19)25(21)15-7-10-35-11-8-15/h2-5,12,14-16H,6-11,13H2,1H3,(H,30,31)(H,33,34)/t16-,27-/m1/s1. The number of carboxylic acids is 1. The molecule has 0 unspecified atom stereocenters. The fourth-order valence-corrected chi connectivity index (χ4v) is 6.18. The Kier molecular flexibility index (Phi) is 5.18. The summed E-state index contributed by atoms with van der Waals surface area (Å²) < 4.78 is 37.8. The van der Waals surface area contributed by atoms with Crippen LogP contribution in [-0.2, 0) is 9.53 Å². The van der Waals surface area contributed by atoms with Crippen LogP contribution < -0.4 is 0 Å². The van der Waals surface area contributed by atoms with Gasteiger partial charge in [-0.15, -0.1) is 0 Å². The van der Waals surface area contributed by atoms with Crippen LogP contribution >= 0.6 is 0 Å². The van der Waals surface area contributed by atoms with Crippen LogP contribution in [0, 0.1) is 17.0 Å². The molecule has 0 spiro atoms. The largest absolute Gasteiger partial charge is 0.481 e. The smallest absolute Gasteiger partial charge is 0.309 e. The van der Waals surface area contributed by atoms with Crippen LogP contribution in [0.4, 0.5) is 8.78 Å². The van der Waals surface area contributed by atoms with Gasteiger partial charge in [-0.3, -0.25) is 9.89 Å². The fraction of sp³-hybridized carbons (Fsp3) is 0.407. The number of ether oxygens (including phenoxy) is 1. The number of hydrogen-bond donors (Lipinski definition) is 2. The summed E-state index contributed by atoms with van der Waals surface area (Å²) in [7, 11) is 0. The van der Waals surface area contributed by atoms with Gasteiger partial charge < -0.3 is 14.4 Å². The monoisotopic (exact) mass is 479 g/mol. The highest BCUT2D eigenvalue weighted by Gasteiger charge is 2.44. The maximum Gasteiger partial charge on any atom is 0.309 e. The third-order valence-electron chi connectivity index (χ3n) is 8.04. The molecule has 1 aliphatic heterocycles. The van der Waals surface area contributed by atoms with E-state index in [1.807, 2.05) is 6.07 Å². The summed E-state index contributed by atoms with van der Waals surface area (Å²) in [5, 5.41) is 17.9. The second-order valence-corrected chi connectivity index (χ2v) is 10.2. The van der Waals surface area contributed by atoms with E-state index in [0.29, 0.717) is 54.3 Å². The zero-order valence-corrected chi connectivity index (χ0v) is 19.5. The number of aromatic amines is 1. The van der Waals surface area contributed by atoms with Crippen molar-refractivity contribution < 1.29 is 23.4 Å². The number of rotatable bonds is 4. The molecule has 6 nitrogen and oxygen atoms in total. The molecular weight excluding hydrogens is 452 g/mol. The van der Waals surface area contributed by atoms with Gasteiger partial charge in [0.05, 0.1) is 17.1 Å². The average Bonchev–Trinajstić information content (AvgIpc) is 3.57. The van der Waals surface area contributed by atoms with Crippen molar-refractivity contribution in [3.63, 3.8) is 0 Å². The van der Waals surface area contributed by atoms with E-state index in [9.17, 15) is 14.3 Å². The predicted octanol–water partition coefficient (Wildman–Crippen LogP) is 6.04. The normalized spacial score (nSPS) is 23.5. The molecule has 1 saturated carbocycles. The Labute approximate surface area is 200 Å². The molecule has 2 atom stereocenters. The molecular formula is C27H27F2N3O3. The molecule has 2 aromatic carbocycles. The predicted molar refractivity (Wildman–Crippen MR) is 128 cm³/mol. The maximum absolute atomic E-state index is 16.2. The molecule has 35 heavy (non-hydrogen) atoms. The molecule has 2 fully saturated rings. The van der Waals surface area contributed by atoms with Crippen molar-refractivity contribution in [2.45, 2.75) is 50.9 Å². The van der Waals surface area contributed by atoms with Gasteiger partial charge in [0.15, 0.2) is 5.82 Å². The first-order valence-corrected chi connectivity index (χ1v) is 12.1. The minimum absolute atomic E-state index is 0.104. The van der Waals surface area contributed by atoms with Crippen LogP contribution in [0.3, 0.4) is 0 Å². The number of aromatic nitrogens is 3. The molecule has 182 valence electrons. The van der Waals surface area contributed by atoms with Crippen molar-refractivity contribution in [2.75, 3.05) is 13.2 Å². The van der Waals surface area contributed by atoms with Crippen molar-refractivity contribution in [2.24, 2.45) is 5.41 Å². The van der Waals surface area contributed by atoms with E-state index in [0.717, 1.165) is 29.8 Å². The van der Waals surface area contributed by atoms with Crippen LogP contribution in [0.2, 0.25) is 0 Å². The van der Waals surface area contributed by atoms with E-state index < -0.39 is 11.4 Å². The zero-order chi connectivity index (χ0) is 24.3. The molecule has 2 aromatic heterocycles. The van der Waals surface area contributed by atoms with Gasteiger partial charge in [-0.2, -0.15) is 5.10 Å². The van der Waals surface area contributed by atoms with Gasteiger partial charge in [0.2, 0.25) is 0 Å². The van der Waals surface area contributed by atoms with E-state index in [1.165, 1.54) is 12.1 Å². The van der Waals surface area contributed by atoms with Gasteiger partial charge in [0.25, 0.3) is 0 Å². The highest BCUT2D eigenvalue weighted by atomic mass is 19.1. The minimum atomic E-state index is -0.851. The molecule has 4 aromatic rings. The number of carbonyl (C=O) groups is 1. The van der Waals surface area contributed by atoms with Crippen LogP contribution in [0.5, 0.6) is 0 Å². The molecule has 8 heteroatoms. The van der Waals surface area contributed by atoms with Gasteiger partial charge in [-0.1, -0.05) is 0 Å². The number of nitrogens with zero attached hydrogens (tertiary/aromatic N) is 2. The van der Waals surface area contributed by atoms with Gasteiger partial charge in [0.1, 0.15) is 11.3 Å². The third-order valence-corrected chi connectivity index (χ3v) is 8.04. The van der Waals surface area contributed by atoms with Gasteiger partial charge >= 0.3 is 5.97 Å². The molecule has 1 aliphatic carbocycles. The lowest BCUT2D eigenvalue weighted by molar-refractivity contribution is -0.147. The Morgan fingerprint density at radius 3 is 2.60 bits per heavy atom. The SMILES string of the molecule is C[C@@]1(C(=O)O)CC[C@@H](c2c(C3CCOCC3)n(-c3ccc(F)cc3)c3cc4cn[nH]c4c(F)c23)C1. The lowest BCUT2D eigenvalue weighted by Crippen LogP contribution is -2.24. The summed E-state index contributed by atoms with van der Waals surface area (Å²) in [4.78, 5) is 12.1. The number of benzene rings is 2. The number of fused-ring (bicyclic) bond motifs is 2. The molecule has 2 N–H and O–H groups in total. The molecule has 2 aliphatic rings. The Balaban J connectivity index is 1.69. The summed E-state index contributed by atoms with van der Waals surface area (Å²) >= 11 is 0. The van der Waals surface area contributed by atoms with E-state index in [2.05, 4.69) is 14.8 Å². The van der Waals surface area contributed by atoms with Crippen molar-refractivity contribution in [1.29, 1.82) is 0 Å². The maximum atomic E-state index is 16.2. The van der Waals surface area contributed by atoms with E-state index in [4.69, 9.17) is 4.74 Å². The lowest BCUT2D eigenvalue weighted by atomic mass is 9.83. The molecule has 0 amide bonds. The van der Waals surface area contributed by atoms with Crippen molar-refractivity contribution in [3.8, 4) is 5.69 Å². The molecule has 3 heterocycles. The number of hydrogen-bond acceptors (Lipinski definition) is 3. The highest BCUT2D eigenvalue weighted by Crippen LogP contribution is 2.52. The van der Waals surface area contributed by atoms with Crippen LogP contribution in [0.15, 0.2) is 36.5 Å². The van der Waals surface area contributed by atoms with Crippen LogP contribution in [0.1, 0.15) is 62.1 Å². The van der Waals surface area contributed by atoms with Gasteiger partial charge in [-0.25, -0.2) is 8.78 Å². The average molecular weight is 480 g/mol. The van der Waals surface area contributed by atoms with Gasteiger partial charge in [0, 0.05) is 41.3 Å². The third kappa shape index (κ3) is 3.45. The number of aliphatic carboxylic acids is 1. The van der Waals surface area contributed by atoms with Crippen molar-refractivity contribution in [1.82, 2.24) is 14.8 Å². The first-order chi connectivity index (χ1) is 16.9. The second kappa shape index (κ2) is 8.16. The Morgan fingerprint density at radius 1 is 1.17 bits per heavy atom. The Hall–Kier alpha value is -3.26. The second-order valence-electron chi connectivity index (χ2n) is 10.2. The number of carboxylic acid groups (broad SMARTS) is 1. The molecule has 6 rings (SSSR count). The first-order valence-electron chi connectivity index (χ1n) is 12.1.